The molecule has 0 spiro atoms. The first-order valence-electron chi connectivity index (χ1n) is 5.79. The third-order valence-corrected chi connectivity index (χ3v) is 4.32. The molecule has 2 nitrogen and oxygen atoms in total. The molecule has 3 fully saturated rings. The van der Waals surface area contributed by atoms with Crippen LogP contribution in [-0.4, -0.2) is 49.1 Å². The third-order valence-electron chi connectivity index (χ3n) is 4.32. The summed E-state index contributed by atoms with van der Waals surface area (Å²) in [5.74, 6) is 2.23. The van der Waals surface area contributed by atoms with Crippen LogP contribution in [0.3, 0.4) is 0 Å². The van der Waals surface area contributed by atoms with Crippen LogP contribution in [0.5, 0.6) is 0 Å². The van der Waals surface area contributed by atoms with E-state index in [0.29, 0.717) is 0 Å². The summed E-state index contributed by atoms with van der Waals surface area (Å²) in [5.41, 5.74) is 0. The maximum atomic E-state index is 2.76. The summed E-state index contributed by atoms with van der Waals surface area (Å²) in [6.45, 7) is 5.23. The van der Waals surface area contributed by atoms with E-state index in [1.165, 1.54) is 45.4 Å². The van der Waals surface area contributed by atoms with Gasteiger partial charge in [0.2, 0.25) is 0 Å². The number of nitrogens with zero attached hydrogens (tertiary/aromatic N) is 2. The highest BCUT2D eigenvalue weighted by atomic mass is 15.3. The fourth-order valence-corrected chi connectivity index (χ4v) is 3.45. The van der Waals surface area contributed by atoms with Crippen molar-refractivity contribution in [1.29, 1.82) is 0 Å². The molecule has 0 aromatic carbocycles. The molecule has 1 aliphatic heterocycles. The largest absolute Gasteiger partial charge is 0.304 e. The lowest BCUT2D eigenvalue weighted by atomic mass is 10.2. The molecule has 74 valence electrons. The smallest absolute Gasteiger partial charge is 0.0159 e. The van der Waals surface area contributed by atoms with Crippen molar-refractivity contribution in [2.45, 2.75) is 25.3 Å². The van der Waals surface area contributed by atoms with Crippen molar-refractivity contribution in [3.05, 3.63) is 0 Å². The minimum absolute atomic E-state index is 1.02. The van der Waals surface area contributed by atoms with Gasteiger partial charge >= 0.3 is 0 Å². The number of hydrogen-bond donors (Lipinski definition) is 0. The Balaban J connectivity index is 1.56. The third kappa shape index (κ3) is 1.31. The molecule has 0 bridgehead atoms. The second-order valence-electron chi connectivity index (χ2n) is 5.09. The normalized spacial score (nSPS) is 46.4. The zero-order valence-electron chi connectivity index (χ0n) is 8.58. The Hall–Kier alpha value is -0.0800. The first-order valence-corrected chi connectivity index (χ1v) is 5.79. The molecule has 13 heavy (non-hydrogen) atoms. The molecular formula is C11H20N2. The molecule has 0 amide bonds. The van der Waals surface area contributed by atoms with Crippen LogP contribution < -0.4 is 0 Å². The SMILES string of the molecule is CN1CCN(C2C3CCCC32)CC1. The van der Waals surface area contributed by atoms with Crippen LogP contribution in [0, 0.1) is 11.8 Å². The number of hydrogen-bond acceptors (Lipinski definition) is 2. The van der Waals surface area contributed by atoms with E-state index in [1.54, 1.807) is 0 Å². The topological polar surface area (TPSA) is 6.48 Å². The predicted molar refractivity (Wildman–Crippen MR) is 53.7 cm³/mol. The van der Waals surface area contributed by atoms with Crippen LogP contribution >= 0.6 is 0 Å². The molecule has 2 atom stereocenters. The van der Waals surface area contributed by atoms with Crippen molar-refractivity contribution in [1.82, 2.24) is 9.80 Å². The first-order chi connectivity index (χ1) is 6.36. The lowest BCUT2D eigenvalue weighted by molar-refractivity contribution is 0.134. The van der Waals surface area contributed by atoms with Crippen molar-refractivity contribution in [3.63, 3.8) is 0 Å². The standard InChI is InChI=1S/C11H20N2/c1-12-5-7-13(8-6-12)11-9-3-2-4-10(9)11/h9-11H,2-8H2,1H3. The van der Waals surface area contributed by atoms with E-state index < -0.39 is 0 Å². The molecule has 3 aliphatic rings. The second kappa shape index (κ2) is 2.96. The van der Waals surface area contributed by atoms with E-state index >= 15 is 0 Å². The van der Waals surface area contributed by atoms with Crippen LogP contribution in [0.1, 0.15) is 19.3 Å². The Morgan fingerprint density at radius 2 is 1.54 bits per heavy atom. The van der Waals surface area contributed by atoms with Gasteiger partial charge in [0.15, 0.2) is 0 Å². The lowest BCUT2D eigenvalue weighted by Gasteiger charge is -2.33. The molecule has 3 rings (SSSR count). The molecular weight excluding hydrogens is 160 g/mol. The van der Waals surface area contributed by atoms with E-state index in [9.17, 15) is 0 Å². The average Bonchev–Trinajstić information content (AvgIpc) is 2.63. The van der Waals surface area contributed by atoms with Gasteiger partial charge in [-0.3, -0.25) is 4.90 Å². The highest BCUT2D eigenvalue weighted by molar-refractivity contribution is 5.08. The minimum atomic E-state index is 1.02. The molecule has 0 radical (unpaired) electrons. The fraction of sp³-hybridized carbons (Fsp3) is 1.00. The Bertz CT molecular complexity index is 186. The number of likely N-dealkylation sites (N-methyl/N-ethyl adjacent to an activating group) is 1. The van der Waals surface area contributed by atoms with Gasteiger partial charge < -0.3 is 4.90 Å². The summed E-state index contributed by atoms with van der Waals surface area (Å²) in [5, 5.41) is 0. The van der Waals surface area contributed by atoms with Crippen LogP contribution in [0.15, 0.2) is 0 Å². The first kappa shape index (κ1) is 8.25. The van der Waals surface area contributed by atoms with Gasteiger partial charge in [-0.2, -0.15) is 0 Å². The van der Waals surface area contributed by atoms with Crippen molar-refractivity contribution in [2.75, 3.05) is 33.2 Å². The molecule has 0 aromatic heterocycles. The van der Waals surface area contributed by atoms with Gasteiger partial charge in [-0.05, 0) is 31.7 Å². The van der Waals surface area contributed by atoms with Crippen molar-refractivity contribution >= 4 is 0 Å². The van der Waals surface area contributed by atoms with E-state index in [4.69, 9.17) is 0 Å². The van der Waals surface area contributed by atoms with Crippen molar-refractivity contribution in [3.8, 4) is 0 Å². The van der Waals surface area contributed by atoms with Gasteiger partial charge in [0, 0.05) is 32.2 Å². The Kier molecular flexibility index (Phi) is 1.88. The average molecular weight is 180 g/mol. The molecule has 1 saturated heterocycles. The minimum Gasteiger partial charge on any atom is -0.304 e. The quantitative estimate of drug-likeness (QED) is 0.595. The molecule has 1 heterocycles. The Labute approximate surface area is 80.9 Å². The fourth-order valence-electron chi connectivity index (χ4n) is 3.45. The summed E-state index contributed by atoms with van der Waals surface area (Å²) < 4.78 is 0. The Morgan fingerprint density at radius 1 is 0.923 bits per heavy atom. The number of piperazine rings is 1. The highest BCUT2D eigenvalue weighted by Crippen LogP contribution is 2.54. The molecule has 2 aliphatic carbocycles. The monoisotopic (exact) mass is 180 g/mol. The molecule has 2 saturated carbocycles. The van der Waals surface area contributed by atoms with Gasteiger partial charge in [0.25, 0.3) is 0 Å². The van der Waals surface area contributed by atoms with Gasteiger partial charge in [0.1, 0.15) is 0 Å². The molecule has 2 heteroatoms. The predicted octanol–water partition coefficient (Wildman–Crippen LogP) is 1.03. The zero-order valence-corrected chi connectivity index (χ0v) is 8.58. The lowest BCUT2D eigenvalue weighted by Crippen LogP contribution is -2.46. The number of fused-ring (bicyclic) bond motifs is 1. The van der Waals surface area contributed by atoms with E-state index in [1.807, 2.05) is 0 Å². The molecule has 0 N–H and O–H groups in total. The van der Waals surface area contributed by atoms with Gasteiger partial charge in [-0.25, -0.2) is 0 Å². The van der Waals surface area contributed by atoms with Gasteiger partial charge in [0.05, 0.1) is 0 Å². The second-order valence-corrected chi connectivity index (χ2v) is 5.09. The van der Waals surface area contributed by atoms with Gasteiger partial charge in [-0.1, -0.05) is 6.42 Å². The maximum absolute atomic E-state index is 2.76. The summed E-state index contributed by atoms with van der Waals surface area (Å²) in [6, 6.07) is 1.02. The highest BCUT2D eigenvalue weighted by Gasteiger charge is 2.55. The van der Waals surface area contributed by atoms with Crippen LogP contribution in [0.25, 0.3) is 0 Å². The Morgan fingerprint density at radius 3 is 2.15 bits per heavy atom. The van der Waals surface area contributed by atoms with Crippen LogP contribution in [-0.2, 0) is 0 Å². The maximum Gasteiger partial charge on any atom is 0.0159 e. The zero-order chi connectivity index (χ0) is 8.84. The summed E-state index contributed by atoms with van der Waals surface area (Å²) in [4.78, 5) is 5.21. The van der Waals surface area contributed by atoms with Crippen LogP contribution in [0.2, 0.25) is 0 Å². The summed E-state index contributed by atoms with van der Waals surface area (Å²) in [6.07, 6.45) is 4.57. The van der Waals surface area contributed by atoms with Crippen molar-refractivity contribution in [2.24, 2.45) is 11.8 Å². The van der Waals surface area contributed by atoms with E-state index in [0.717, 1.165) is 17.9 Å². The van der Waals surface area contributed by atoms with Crippen LogP contribution in [0.4, 0.5) is 0 Å². The van der Waals surface area contributed by atoms with E-state index in [-0.39, 0.29) is 0 Å². The molecule has 0 aromatic rings. The molecule has 2 unspecified atom stereocenters. The van der Waals surface area contributed by atoms with Gasteiger partial charge in [-0.15, -0.1) is 0 Å². The van der Waals surface area contributed by atoms with Crippen molar-refractivity contribution < 1.29 is 0 Å². The summed E-state index contributed by atoms with van der Waals surface area (Å²) in [7, 11) is 2.24. The van der Waals surface area contributed by atoms with E-state index in [2.05, 4.69) is 16.8 Å². The number of rotatable bonds is 1. The summed E-state index contributed by atoms with van der Waals surface area (Å²) >= 11 is 0.